The maximum absolute atomic E-state index is 4.37. The van der Waals surface area contributed by atoms with Crippen LogP contribution in [0.2, 0.25) is 0 Å². The number of hydrogen-bond donors (Lipinski definition) is 1. The smallest absolute Gasteiger partial charge is 0.139 e. The average molecular weight is 244 g/mol. The first-order valence-corrected chi connectivity index (χ1v) is 5.50. The minimum atomic E-state index is 0.544. The quantitative estimate of drug-likeness (QED) is 0.823. The topological polar surface area (TPSA) is 29.9 Å². The molecule has 2 atom stereocenters. The SMILES string of the molecule is CCC1C(C)CNc2c(Br)cnn21. The second kappa shape index (κ2) is 3.33. The molecule has 0 fully saturated rings. The predicted octanol–water partition coefficient (Wildman–Crippen LogP) is 2.66. The number of anilines is 1. The summed E-state index contributed by atoms with van der Waals surface area (Å²) in [6.45, 7) is 5.52. The maximum atomic E-state index is 4.37. The molecule has 72 valence electrons. The molecule has 0 saturated heterocycles. The van der Waals surface area contributed by atoms with Crippen LogP contribution in [0.25, 0.3) is 0 Å². The Kier molecular flexibility index (Phi) is 2.32. The first-order chi connectivity index (χ1) is 6.24. The van der Waals surface area contributed by atoms with Gasteiger partial charge in [0.25, 0.3) is 0 Å². The third kappa shape index (κ3) is 1.37. The van der Waals surface area contributed by atoms with Crippen LogP contribution in [0.3, 0.4) is 0 Å². The van der Waals surface area contributed by atoms with E-state index in [4.69, 9.17) is 0 Å². The number of rotatable bonds is 1. The summed E-state index contributed by atoms with van der Waals surface area (Å²) in [5.41, 5.74) is 0. The highest BCUT2D eigenvalue weighted by molar-refractivity contribution is 9.10. The zero-order valence-corrected chi connectivity index (χ0v) is 9.50. The molecule has 4 heteroatoms. The van der Waals surface area contributed by atoms with Gasteiger partial charge in [0.15, 0.2) is 0 Å². The highest BCUT2D eigenvalue weighted by atomic mass is 79.9. The summed E-state index contributed by atoms with van der Waals surface area (Å²) in [4.78, 5) is 0. The van der Waals surface area contributed by atoms with Crippen LogP contribution in [0, 0.1) is 5.92 Å². The molecule has 3 nitrogen and oxygen atoms in total. The van der Waals surface area contributed by atoms with E-state index in [1.807, 2.05) is 6.20 Å². The minimum absolute atomic E-state index is 0.544. The van der Waals surface area contributed by atoms with E-state index in [9.17, 15) is 0 Å². The van der Waals surface area contributed by atoms with Gasteiger partial charge in [0.1, 0.15) is 5.82 Å². The number of fused-ring (bicyclic) bond motifs is 1. The van der Waals surface area contributed by atoms with Crippen molar-refractivity contribution in [3.63, 3.8) is 0 Å². The lowest BCUT2D eigenvalue weighted by molar-refractivity contribution is 0.313. The van der Waals surface area contributed by atoms with Gasteiger partial charge in [-0.25, -0.2) is 4.68 Å². The number of halogens is 1. The van der Waals surface area contributed by atoms with Crippen molar-refractivity contribution in [2.75, 3.05) is 11.9 Å². The van der Waals surface area contributed by atoms with Gasteiger partial charge in [-0.3, -0.25) is 0 Å². The van der Waals surface area contributed by atoms with Gasteiger partial charge in [-0.15, -0.1) is 0 Å². The molecule has 0 saturated carbocycles. The lowest BCUT2D eigenvalue weighted by Gasteiger charge is -2.30. The van der Waals surface area contributed by atoms with Crippen molar-refractivity contribution in [3.05, 3.63) is 10.7 Å². The zero-order valence-electron chi connectivity index (χ0n) is 7.92. The molecule has 0 spiro atoms. The normalized spacial score (nSPS) is 26.7. The van der Waals surface area contributed by atoms with Crippen LogP contribution in [-0.4, -0.2) is 16.3 Å². The van der Waals surface area contributed by atoms with Crippen molar-refractivity contribution in [2.24, 2.45) is 5.92 Å². The third-order valence-electron chi connectivity index (χ3n) is 2.73. The van der Waals surface area contributed by atoms with Crippen LogP contribution in [0.15, 0.2) is 10.7 Å². The second-order valence-electron chi connectivity index (χ2n) is 3.62. The van der Waals surface area contributed by atoms with E-state index in [1.165, 1.54) is 0 Å². The first-order valence-electron chi connectivity index (χ1n) is 4.71. The van der Waals surface area contributed by atoms with Gasteiger partial charge in [0.05, 0.1) is 16.7 Å². The molecular formula is C9H14BrN3. The van der Waals surface area contributed by atoms with E-state index in [-0.39, 0.29) is 0 Å². The van der Waals surface area contributed by atoms with Crippen molar-refractivity contribution < 1.29 is 0 Å². The molecule has 2 heterocycles. The van der Waals surface area contributed by atoms with E-state index >= 15 is 0 Å². The Balaban J connectivity index is 2.40. The van der Waals surface area contributed by atoms with Crippen LogP contribution in [0.1, 0.15) is 26.3 Å². The van der Waals surface area contributed by atoms with Gasteiger partial charge in [-0.1, -0.05) is 13.8 Å². The van der Waals surface area contributed by atoms with Crippen molar-refractivity contribution in [2.45, 2.75) is 26.3 Å². The van der Waals surface area contributed by atoms with E-state index in [1.54, 1.807) is 0 Å². The molecule has 0 radical (unpaired) electrons. The molecule has 2 rings (SSSR count). The zero-order chi connectivity index (χ0) is 9.42. The number of aromatic nitrogens is 2. The molecular weight excluding hydrogens is 230 g/mol. The lowest BCUT2D eigenvalue weighted by atomic mass is 9.98. The Morgan fingerprint density at radius 3 is 3.23 bits per heavy atom. The van der Waals surface area contributed by atoms with Crippen LogP contribution >= 0.6 is 15.9 Å². The highest BCUT2D eigenvalue weighted by Crippen LogP contribution is 2.33. The number of nitrogens with one attached hydrogen (secondary N) is 1. The van der Waals surface area contributed by atoms with Gasteiger partial charge in [-0.05, 0) is 28.3 Å². The Morgan fingerprint density at radius 1 is 1.77 bits per heavy atom. The molecule has 13 heavy (non-hydrogen) atoms. The monoisotopic (exact) mass is 243 g/mol. The molecule has 0 aliphatic carbocycles. The van der Waals surface area contributed by atoms with Gasteiger partial charge in [-0.2, -0.15) is 5.10 Å². The molecule has 0 bridgehead atoms. The van der Waals surface area contributed by atoms with Crippen LogP contribution in [0.5, 0.6) is 0 Å². The van der Waals surface area contributed by atoms with Crippen molar-refractivity contribution in [3.8, 4) is 0 Å². The molecule has 0 amide bonds. The second-order valence-corrected chi connectivity index (χ2v) is 4.47. The summed E-state index contributed by atoms with van der Waals surface area (Å²) in [5.74, 6) is 1.79. The molecule has 0 aromatic carbocycles. The largest absolute Gasteiger partial charge is 0.369 e. The van der Waals surface area contributed by atoms with Gasteiger partial charge in [0, 0.05) is 6.54 Å². The van der Waals surface area contributed by atoms with E-state index < -0.39 is 0 Å². The van der Waals surface area contributed by atoms with Crippen LogP contribution < -0.4 is 5.32 Å². The van der Waals surface area contributed by atoms with Crippen molar-refractivity contribution in [1.82, 2.24) is 9.78 Å². The number of hydrogen-bond acceptors (Lipinski definition) is 2. The maximum Gasteiger partial charge on any atom is 0.139 e. The summed E-state index contributed by atoms with van der Waals surface area (Å²) >= 11 is 3.48. The number of nitrogens with zero attached hydrogens (tertiary/aromatic N) is 2. The Morgan fingerprint density at radius 2 is 2.54 bits per heavy atom. The predicted molar refractivity (Wildman–Crippen MR) is 56.9 cm³/mol. The molecule has 1 aromatic heterocycles. The molecule has 1 aliphatic rings. The standard InChI is InChI=1S/C9H14BrN3/c1-3-8-6(2)4-11-9-7(10)5-12-13(8)9/h5-6,8,11H,3-4H2,1-2H3. The Hall–Kier alpha value is -0.510. The summed E-state index contributed by atoms with van der Waals surface area (Å²) < 4.78 is 3.16. The minimum Gasteiger partial charge on any atom is -0.369 e. The van der Waals surface area contributed by atoms with E-state index in [0.717, 1.165) is 23.3 Å². The van der Waals surface area contributed by atoms with Crippen LogP contribution in [-0.2, 0) is 0 Å². The van der Waals surface area contributed by atoms with Gasteiger partial charge in [0.2, 0.25) is 0 Å². The van der Waals surface area contributed by atoms with Crippen LogP contribution in [0.4, 0.5) is 5.82 Å². The summed E-state index contributed by atoms with van der Waals surface area (Å²) in [6, 6.07) is 0.544. The van der Waals surface area contributed by atoms with Gasteiger partial charge >= 0.3 is 0 Å². The van der Waals surface area contributed by atoms with Crippen molar-refractivity contribution >= 4 is 21.7 Å². The fourth-order valence-electron chi connectivity index (χ4n) is 1.97. The fraction of sp³-hybridized carbons (Fsp3) is 0.667. The summed E-state index contributed by atoms with van der Waals surface area (Å²) in [5, 5.41) is 7.74. The van der Waals surface area contributed by atoms with E-state index in [2.05, 4.69) is 44.9 Å². The molecule has 1 aliphatic heterocycles. The fourth-order valence-corrected chi connectivity index (χ4v) is 2.38. The Labute approximate surface area is 86.6 Å². The first kappa shape index (κ1) is 9.06. The molecule has 1 N–H and O–H groups in total. The van der Waals surface area contributed by atoms with Gasteiger partial charge < -0.3 is 5.32 Å². The third-order valence-corrected chi connectivity index (χ3v) is 3.31. The van der Waals surface area contributed by atoms with Crippen molar-refractivity contribution in [1.29, 1.82) is 0 Å². The summed E-state index contributed by atoms with van der Waals surface area (Å²) in [6.07, 6.45) is 3.01. The Bertz CT molecular complexity index is 308. The van der Waals surface area contributed by atoms with E-state index in [0.29, 0.717) is 12.0 Å². The molecule has 1 aromatic rings. The highest BCUT2D eigenvalue weighted by Gasteiger charge is 2.26. The average Bonchev–Trinajstić information content (AvgIpc) is 2.48. The summed E-state index contributed by atoms with van der Waals surface area (Å²) in [7, 11) is 0. The molecule has 2 unspecified atom stereocenters. The lowest BCUT2D eigenvalue weighted by Crippen LogP contribution is -2.30.